The molecule has 0 spiro atoms. The van der Waals surface area contributed by atoms with E-state index in [-0.39, 0.29) is 11.8 Å². The number of anilines is 2. The molecule has 2 aromatic rings. The molecule has 2 aromatic carbocycles. The highest BCUT2D eigenvalue weighted by Gasteiger charge is 2.40. The Hall–Kier alpha value is -3.02. The zero-order valence-corrected chi connectivity index (χ0v) is 17.4. The molecule has 0 heterocycles. The lowest BCUT2D eigenvalue weighted by Gasteiger charge is -2.21. The van der Waals surface area contributed by atoms with Crippen molar-refractivity contribution in [3.63, 3.8) is 0 Å². The van der Waals surface area contributed by atoms with Crippen molar-refractivity contribution in [1.29, 1.82) is 0 Å². The number of ether oxygens (including phenoxy) is 2. The van der Waals surface area contributed by atoms with Gasteiger partial charge in [-0.15, -0.1) is 0 Å². The van der Waals surface area contributed by atoms with Crippen molar-refractivity contribution in [3.8, 4) is 11.5 Å². The summed E-state index contributed by atoms with van der Waals surface area (Å²) < 4.78 is 10.9. The van der Waals surface area contributed by atoms with Gasteiger partial charge in [-0.05, 0) is 49.1 Å². The maximum atomic E-state index is 12.7. The molecule has 2 aliphatic rings. The molecule has 158 valence electrons. The summed E-state index contributed by atoms with van der Waals surface area (Å²) in [7, 11) is 3.07. The highest BCUT2D eigenvalue weighted by atomic mass is 16.5. The molecule has 0 saturated heterocycles. The van der Waals surface area contributed by atoms with Gasteiger partial charge >= 0.3 is 0 Å². The second-order valence-corrected chi connectivity index (χ2v) is 8.26. The molecule has 3 atom stereocenters. The van der Waals surface area contributed by atoms with Crippen LogP contribution in [0.15, 0.2) is 42.5 Å². The minimum absolute atomic E-state index is 0.00558. The maximum Gasteiger partial charge on any atom is 0.255 e. The van der Waals surface area contributed by atoms with E-state index in [1.807, 2.05) is 18.2 Å². The third-order valence-electron chi connectivity index (χ3n) is 6.41. The van der Waals surface area contributed by atoms with Crippen LogP contribution < -0.4 is 20.1 Å². The van der Waals surface area contributed by atoms with E-state index in [9.17, 15) is 9.59 Å². The van der Waals surface area contributed by atoms with E-state index in [1.54, 1.807) is 24.3 Å². The highest BCUT2D eigenvalue weighted by molar-refractivity contribution is 6.05. The van der Waals surface area contributed by atoms with Gasteiger partial charge < -0.3 is 20.1 Å². The fraction of sp³-hybridized carbons (Fsp3) is 0.417. The fourth-order valence-corrected chi connectivity index (χ4v) is 4.94. The maximum absolute atomic E-state index is 12.7. The topological polar surface area (TPSA) is 76.7 Å². The van der Waals surface area contributed by atoms with Gasteiger partial charge in [0.2, 0.25) is 5.91 Å². The lowest BCUT2D eigenvalue weighted by Crippen LogP contribution is -2.20. The Morgan fingerprint density at radius 3 is 2.17 bits per heavy atom. The second-order valence-electron chi connectivity index (χ2n) is 8.26. The summed E-state index contributed by atoms with van der Waals surface area (Å²) >= 11 is 0. The molecule has 0 radical (unpaired) electrons. The summed E-state index contributed by atoms with van der Waals surface area (Å²) in [5.41, 5.74) is 1.57. The minimum atomic E-state index is -0.246. The summed E-state index contributed by atoms with van der Waals surface area (Å²) in [6.07, 6.45) is 5.58. The summed E-state index contributed by atoms with van der Waals surface area (Å²) in [6, 6.07) is 12.3. The van der Waals surface area contributed by atoms with Crippen molar-refractivity contribution in [3.05, 3.63) is 48.0 Å². The largest absolute Gasteiger partial charge is 0.494 e. The predicted molar refractivity (Wildman–Crippen MR) is 116 cm³/mol. The van der Waals surface area contributed by atoms with E-state index in [1.165, 1.54) is 39.9 Å². The number of carbonyl (C=O) groups excluding carboxylic acids is 2. The van der Waals surface area contributed by atoms with E-state index in [4.69, 9.17) is 9.47 Å². The lowest BCUT2D eigenvalue weighted by molar-refractivity contribution is -0.117. The molecular weight excluding hydrogens is 380 g/mol. The smallest absolute Gasteiger partial charge is 0.255 e. The van der Waals surface area contributed by atoms with Crippen molar-refractivity contribution in [2.24, 2.45) is 17.8 Å². The third kappa shape index (κ3) is 4.27. The average Bonchev–Trinajstić information content (AvgIpc) is 3.38. The molecule has 2 aliphatic carbocycles. The molecule has 2 N–H and O–H groups in total. The fourth-order valence-electron chi connectivity index (χ4n) is 4.94. The zero-order chi connectivity index (χ0) is 21.1. The second kappa shape index (κ2) is 8.78. The molecule has 6 nitrogen and oxygen atoms in total. The summed E-state index contributed by atoms with van der Waals surface area (Å²) in [4.78, 5) is 25.2. The molecule has 2 amide bonds. The molecule has 0 aromatic heterocycles. The number of methoxy groups -OCH3 is 2. The van der Waals surface area contributed by atoms with Gasteiger partial charge in [-0.2, -0.15) is 0 Å². The number of amides is 2. The van der Waals surface area contributed by atoms with Crippen LogP contribution in [0, 0.1) is 17.8 Å². The van der Waals surface area contributed by atoms with Gasteiger partial charge in [-0.25, -0.2) is 0 Å². The van der Waals surface area contributed by atoms with Gasteiger partial charge in [0.25, 0.3) is 5.91 Å². The number of nitrogens with one attached hydrogen (secondary N) is 2. The van der Waals surface area contributed by atoms with Gasteiger partial charge in [0, 0.05) is 24.1 Å². The number of rotatable bonds is 7. The first kappa shape index (κ1) is 20.3. The van der Waals surface area contributed by atoms with Crippen LogP contribution in [0.25, 0.3) is 0 Å². The number of carbonyl (C=O) groups is 2. The molecule has 0 unspecified atom stereocenters. The molecule has 2 saturated carbocycles. The monoisotopic (exact) mass is 408 g/mol. The number of fused-ring (bicyclic) bond motifs is 2. The van der Waals surface area contributed by atoms with Crippen LogP contribution >= 0.6 is 0 Å². The van der Waals surface area contributed by atoms with Crippen LogP contribution in [0.2, 0.25) is 0 Å². The Bertz CT molecular complexity index is 928. The molecular formula is C24H28N2O4. The van der Waals surface area contributed by atoms with Crippen LogP contribution in [-0.4, -0.2) is 26.0 Å². The number of benzene rings is 2. The summed E-state index contributed by atoms with van der Waals surface area (Å²) in [5.74, 6) is 2.68. The first-order valence-electron chi connectivity index (χ1n) is 10.5. The van der Waals surface area contributed by atoms with Gasteiger partial charge in [0.1, 0.15) is 11.5 Å². The minimum Gasteiger partial charge on any atom is -0.494 e. The van der Waals surface area contributed by atoms with E-state index in [0.29, 0.717) is 46.7 Å². The van der Waals surface area contributed by atoms with Crippen LogP contribution in [0.5, 0.6) is 11.5 Å². The molecule has 30 heavy (non-hydrogen) atoms. The first-order valence-corrected chi connectivity index (χ1v) is 10.5. The highest BCUT2D eigenvalue weighted by Crippen LogP contribution is 2.49. The standard InChI is InChI=1S/C24H28N2O4/c1-29-21-14-20(26-24(28)16-6-4-3-5-7-16)22(30-2)13-19(21)25-23(27)12-18-11-15-8-9-17(18)10-15/h3-7,13-15,17-18H,8-12H2,1-2H3,(H,25,27)(H,26,28)/t15-,17+,18-/m0/s1. The van der Waals surface area contributed by atoms with Gasteiger partial charge in [-0.1, -0.05) is 24.6 Å². The first-order chi connectivity index (χ1) is 14.6. The van der Waals surface area contributed by atoms with E-state index >= 15 is 0 Å². The van der Waals surface area contributed by atoms with Crippen LogP contribution in [-0.2, 0) is 4.79 Å². The van der Waals surface area contributed by atoms with E-state index in [2.05, 4.69) is 10.6 Å². The quantitative estimate of drug-likeness (QED) is 0.695. The molecule has 2 fully saturated rings. The van der Waals surface area contributed by atoms with Crippen LogP contribution in [0.3, 0.4) is 0 Å². The van der Waals surface area contributed by atoms with Gasteiger partial charge in [-0.3, -0.25) is 9.59 Å². The van der Waals surface area contributed by atoms with Crippen LogP contribution in [0.1, 0.15) is 42.5 Å². The number of hydrogen-bond donors (Lipinski definition) is 2. The molecule has 4 rings (SSSR count). The summed E-state index contributed by atoms with van der Waals surface area (Å²) in [6.45, 7) is 0. The van der Waals surface area contributed by atoms with Crippen LogP contribution in [0.4, 0.5) is 11.4 Å². The van der Waals surface area contributed by atoms with Crippen molar-refractivity contribution in [2.75, 3.05) is 24.9 Å². The van der Waals surface area contributed by atoms with Crippen molar-refractivity contribution < 1.29 is 19.1 Å². The van der Waals surface area contributed by atoms with Gasteiger partial charge in [0.05, 0.1) is 25.6 Å². The number of hydrogen-bond acceptors (Lipinski definition) is 4. The Kier molecular flexibility index (Phi) is 5.93. The lowest BCUT2D eigenvalue weighted by atomic mass is 9.86. The van der Waals surface area contributed by atoms with Gasteiger partial charge in [0.15, 0.2) is 0 Å². The molecule has 6 heteroatoms. The summed E-state index contributed by atoms with van der Waals surface area (Å²) in [5, 5.41) is 5.83. The normalized spacial score (nSPS) is 21.9. The van der Waals surface area contributed by atoms with Crippen molar-refractivity contribution in [1.82, 2.24) is 0 Å². The van der Waals surface area contributed by atoms with E-state index in [0.717, 1.165) is 5.92 Å². The molecule has 2 bridgehead atoms. The van der Waals surface area contributed by atoms with E-state index < -0.39 is 0 Å². The van der Waals surface area contributed by atoms with Crippen molar-refractivity contribution >= 4 is 23.2 Å². The third-order valence-corrected chi connectivity index (χ3v) is 6.41. The average molecular weight is 408 g/mol. The molecule has 0 aliphatic heterocycles. The predicted octanol–water partition coefficient (Wildman–Crippen LogP) is 4.72. The SMILES string of the molecule is COc1cc(NC(=O)c2ccccc2)c(OC)cc1NC(=O)C[C@@H]1C[C@H]2CC[C@@H]1C2. The Balaban J connectivity index is 1.48. The Labute approximate surface area is 177 Å². The Morgan fingerprint density at radius 1 is 0.933 bits per heavy atom. The Morgan fingerprint density at radius 2 is 1.60 bits per heavy atom. The zero-order valence-electron chi connectivity index (χ0n) is 17.4. The van der Waals surface area contributed by atoms with Crippen molar-refractivity contribution in [2.45, 2.75) is 32.1 Å².